The number of alkyl halides is 3. The van der Waals surface area contributed by atoms with Crippen molar-refractivity contribution >= 4 is 17.5 Å². The lowest BCUT2D eigenvalue weighted by Crippen LogP contribution is -2.44. The van der Waals surface area contributed by atoms with Crippen LogP contribution in [0.15, 0.2) is 36.4 Å². The quantitative estimate of drug-likeness (QED) is 0.679. The predicted molar refractivity (Wildman–Crippen MR) is 129 cm³/mol. The topological polar surface area (TPSA) is 76.4 Å². The van der Waals surface area contributed by atoms with Gasteiger partial charge in [0.2, 0.25) is 5.91 Å². The third-order valence-electron chi connectivity index (χ3n) is 7.68. The van der Waals surface area contributed by atoms with Crippen molar-refractivity contribution < 1.29 is 22.8 Å². The summed E-state index contributed by atoms with van der Waals surface area (Å²) in [4.78, 5) is 29.4. The number of piperidine rings is 1. The molecule has 1 spiro atoms. The van der Waals surface area contributed by atoms with Crippen LogP contribution >= 0.6 is 0 Å². The number of anilines is 1. The number of nitrogens with zero attached hydrogens (tertiary/aromatic N) is 3. The van der Waals surface area contributed by atoms with Gasteiger partial charge in [0.25, 0.3) is 5.91 Å². The van der Waals surface area contributed by atoms with E-state index in [1.165, 1.54) is 13.1 Å². The first-order valence-electron chi connectivity index (χ1n) is 11.9. The van der Waals surface area contributed by atoms with Crippen LogP contribution in [0.2, 0.25) is 0 Å². The predicted octanol–water partition coefficient (Wildman–Crippen LogP) is 4.44. The molecule has 1 unspecified atom stereocenters. The number of carbonyl (C=O) groups excluding carboxylic acids is 2. The van der Waals surface area contributed by atoms with Crippen molar-refractivity contribution in [3.8, 4) is 6.07 Å². The highest BCUT2D eigenvalue weighted by atomic mass is 19.4. The fourth-order valence-electron chi connectivity index (χ4n) is 5.37. The van der Waals surface area contributed by atoms with Gasteiger partial charge in [0.1, 0.15) is 6.04 Å². The van der Waals surface area contributed by atoms with E-state index in [0.29, 0.717) is 44.5 Å². The van der Waals surface area contributed by atoms with Gasteiger partial charge in [0, 0.05) is 37.9 Å². The molecular formula is C27H29F3N4O2. The van der Waals surface area contributed by atoms with Gasteiger partial charge in [-0.3, -0.25) is 9.59 Å². The van der Waals surface area contributed by atoms with Crippen LogP contribution in [0.1, 0.15) is 51.9 Å². The number of nitriles is 1. The second-order valence-electron chi connectivity index (χ2n) is 9.89. The molecule has 4 rings (SSSR count). The number of aryl methyl sites for hydroxylation is 2. The summed E-state index contributed by atoms with van der Waals surface area (Å²) in [6.07, 6.45) is -2.90. The van der Waals surface area contributed by atoms with Gasteiger partial charge >= 0.3 is 6.18 Å². The monoisotopic (exact) mass is 498 g/mol. The average molecular weight is 499 g/mol. The maximum Gasteiger partial charge on any atom is 0.417 e. The molecule has 6 nitrogen and oxygen atoms in total. The van der Waals surface area contributed by atoms with Crippen LogP contribution in [0.25, 0.3) is 0 Å². The minimum absolute atomic E-state index is 0.0347. The number of carbonyl (C=O) groups is 2. The average Bonchev–Trinajstić information content (AvgIpc) is 3.23. The molecule has 2 aromatic rings. The molecule has 2 aliphatic rings. The maximum absolute atomic E-state index is 13.6. The summed E-state index contributed by atoms with van der Waals surface area (Å²) in [5.74, 6) is -0.300. The first-order chi connectivity index (χ1) is 17.0. The summed E-state index contributed by atoms with van der Waals surface area (Å²) in [7, 11) is 1.51. The fraction of sp³-hybridized carbons (Fsp3) is 0.444. The number of likely N-dealkylation sites (N-methyl/N-ethyl adjacent to an activating group) is 1. The second-order valence-corrected chi connectivity index (χ2v) is 9.89. The Balaban J connectivity index is 1.56. The van der Waals surface area contributed by atoms with E-state index < -0.39 is 23.3 Å². The van der Waals surface area contributed by atoms with Crippen LogP contribution in [-0.2, 0) is 11.0 Å². The van der Waals surface area contributed by atoms with Gasteiger partial charge < -0.3 is 15.1 Å². The summed E-state index contributed by atoms with van der Waals surface area (Å²) in [6, 6.07) is 10.2. The first kappa shape index (κ1) is 25.5. The molecule has 0 saturated carbocycles. The molecule has 2 aliphatic heterocycles. The van der Waals surface area contributed by atoms with Crippen molar-refractivity contribution in [1.29, 1.82) is 5.26 Å². The standard InChI is InChI=1S/C27H29F3N4O2/c1-17-4-5-19(12-18(17)2)25(36)33-10-8-26(9-11-33)14-23(24(35)32-3)34(16-26)21-7-6-20(15-31)22(13-21)27(28,29)30/h4-7,12-13,23H,8-11,14,16H2,1-3H3,(H,32,35). The van der Waals surface area contributed by atoms with E-state index in [-0.39, 0.29) is 22.9 Å². The van der Waals surface area contributed by atoms with Gasteiger partial charge in [0.15, 0.2) is 0 Å². The third-order valence-corrected chi connectivity index (χ3v) is 7.68. The molecular weight excluding hydrogens is 469 g/mol. The van der Waals surface area contributed by atoms with Crippen molar-refractivity contribution in [1.82, 2.24) is 10.2 Å². The van der Waals surface area contributed by atoms with Crippen molar-refractivity contribution in [3.05, 3.63) is 64.2 Å². The SMILES string of the molecule is CNC(=O)C1CC2(CCN(C(=O)c3ccc(C)c(C)c3)CC2)CN1c1ccc(C#N)c(C(F)(F)F)c1. The van der Waals surface area contributed by atoms with Crippen LogP contribution in [0.5, 0.6) is 0 Å². The summed E-state index contributed by atoms with van der Waals surface area (Å²) < 4.78 is 40.8. The Bertz CT molecular complexity index is 1230. The van der Waals surface area contributed by atoms with E-state index in [9.17, 15) is 22.8 Å². The molecule has 0 aliphatic carbocycles. The zero-order valence-electron chi connectivity index (χ0n) is 20.6. The normalized spacial score (nSPS) is 19.3. The van der Waals surface area contributed by atoms with Crippen LogP contribution in [-0.4, -0.2) is 49.4 Å². The summed E-state index contributed by atoms with van der Waals surface area (Å²) in [5, 5.41) is 11.8. The molecule has 190 valence electrons. The lowest BCUT2D eigenvalue weighted by molar-refractivity contribution is -0.137. The van der Waals surface area contributed by atoms with E-state index >= 15 is 0 Å². The molecule has 1 atom stereocenters. The fourth-order valence-corrected chi connectivity index (χ4v) is 5.37. The molecule has 0 aromatic heterocycles. The van der Waals surface area contributed by atoms with Gasteiger partial charge in [-0.15, -0.1) is 0 Å². The van der Waals surface area contributed by atoms with Gasteiger partial charge in [-0.2, -0.15) is 18.4 Å². The Morgan fingerprint density at radius 1 is 1.08 bits per heavy atom. The highest BCUT2D eigenvalue weighted by Crippen LogP contribution is 2.46. The first-order valence-corrected chi connectivity index (χ1v) is 11.9. The minimum Gasteiger partial charge on any atom is -0.359 e. The third kappa shape index (κ3) is 4.77. The van der Waals surface area contributed by atoms with Crippen LogP contribution in [0.3, 0.4) is 0 Å². The largest absolute Gasteiger partial charge is 0.417 e. The second kappa shape index (κ2) is 9.49. The number of benzene rings is 2. The van der Waals surface area contributed by atoms with Gasteiger partial charge in [-0.1, -0.05) is 6.07 Å². The minimum atomic E-state index is -4.68. The van der Waals surface area contributed by atoms with Crippen molar-refractivity contribution in [2.45, 2.75) is 45.3 Å². The molecule has 9 heteroatoms. The van der Waals surface area contributed by atoms with Crippen molar-refractivity contribution in [2.24, 2.45) is 5.41 Å². The molecule has 2 fully saturated rings. The molecule has 36 heavy (non-hydrogen) atoms. The zero-order valence-corrected chi connectivity index (χ0v) is 20.6. The summed E-state index contributed by atoms with van der Waals surface area (Å²) >= 11 is 0. The van der Waals surface area contributed by atoms with Gasteiger partial charge in [-0.25, -0.2) is 0 Å². The van der Waals surface area contributed by atoms with Gasteiger partial charge in [0.05, 0.1) is 17.2 Å². The number of halogens is 3. The Morgan fingerprint density at radius 2 is 1.78 bits per heavy atom. The highest BCUT2D eigenvalue weighted by molar-refractivity contribution is 5.94. The maximum atomic E-state index is 13.6. The van der Waals surface area contributed by atoms with E-state index in [4.69, 9.17) is 5.26 Å². The Labute approximate surface area is 208 Å². The molecule has 2 aromatic carbocycles. The molecule has 1 N–H and O–H groups in total. The highest BCUT2D eigenvalue weighted by Gasteiger charge is 2.49. The van der Waals surface area contributed by atoms with E-state index in [0.717, 1.165) is 23.3 Å². The molecule has 0 bridgehead atoms. The van der Waals surface area contributed by atoms with E-state index in [1.54, 1.807) is 11.0 Å². The number of hydrogen-bond donors (Lipinski definition) is 1. The number of nitrogens with one attached hydrogen (secondary N) is 1. The molecule has 2 saturated heterocycles. The Kier molecular flexibility index (Phi) is 6.74. The lowest BCUT2D eigenvalue weighted by atomic mass is 9.76. The molecule has 2 heterocycles. The number of amides is 2. The van der Waals surface area contributed by atoms with Crippen molar-refractivity contribution in [3.63, 3.8) is 0 Å². The molecule has 2 amide bonds. The lowest BCUT2D eigenvalue weighted by Gasteiger charge is -2.39. The van der Waals surface area contributed by atoms with Crippen LogP contribution < -0.4 is 10.2 Å². The van der Waals surface area contributed by atoms with E-state index in [2.05, 4.69) is 5.32 Å². The number of likely N-dealkylation sites (tertiary alicyclic amines) is 1. The van der Waals surface area contributed by atoms with Crippen molar-refractivity contribution in [2.75, 3.05) is 31.6 Å². The Morgan fingerprint density at radius 3 is 2.36 bits per heavy atom. The summed E-state index contributed by atoms with van der Waals surface area (Å²) in [5.41, 5.74) is 1.32. The van der Waals surface area contributed by atoms with Gasteiger partial charge in [-0.05, 0) is 80.0 Å². The van der Waals surface area contributed by atoms with Crippen LogP contribution in [0, 0.1) is 30.6 Å². The zero-order chi connectivity index (χ0) is 26.3. The number of rotatable bonds is 3. The number of hydrogen-bond acceptors (Lipinski definition) is 4. The molecule has 0 radical (unpaired) electrons. The summed E-state index contributed by atoms with van der Waals surface area (Å²) in [6.45, 7) is 5.40. The van der Waals surface area contributed by atoms with Crippen LogP contribution in [0.4, 0.5) is 18.9 Å². The van der Waals surface area contributed by atoms with E-state index in [1.807, 2.05) is 36.9 Å². The smallest absolute Gasteiger partial charge is 0.359 e. The Hall–Kier alpha value is -3.54.